The van der Waals surface area contributed by atoms with Crippen molar-refractivity contribution in [3.05, 3.63) is 88.7 Å². The van der Waals surface area contributed by atoms with Gasteiger partial charge in [-0.3, -0.25) is 4.98 Å². The summed E-state index contributed by atoms with van der Waals surface area (Å²) in [4.78, 5) is 15.5. The summed E-state index contributed by atoms with van der Waals surface area (Å²) < 4.78 is 0. The molecule has 2 heterocycles. The lowest BCUT2D eigenvalue weighted by atomic mass is 9.87. The van der Waals surface area contributed by atoms with Crippen molar-refractivity contribution in [1.29, 1.82) is 0 Å². The van der Waals surface area contributed by atoms with E-state index in [0.29, 0.717) is 12.0 Å². The first-order valence-electron chi connectivity index (χ1n) is 9.72. The van der Waals surface area contributed by atoms with E-state index in [4.69, 9.17) is 0 Å². The number of aromatic nitrogens is 1. The zero-order valence-electron chi connectivity index (χ0n) is 16.0. The van der Waals surface area contributed by atoms with Gasteiger partial charge >= 0.3 is 5.97 Å². The molecule has 1 atom stereocenters. The van der Waals surface area contributed by atoms with E-state index in [1.807, 2.05) is 0 Å². The summed E-state index contributed by atoms with van der Waals surface area (Å²) in [5.41, 5.74) is 7.67. The number of carboxylic acid groups (broad SMARTS) is 1. The third kappa shape index (κ3) is 3.69. The Labute approximate surface area is 165 Å². The van der Waals surface area contributed by atoms with Gasteiger partial charge < -0.3 is 10.4 Å². The van der Waals surface area contributed by atoms with Crippen molar-refractivity contribution in [1.82, 2.24) is 10.3 Å². The maximum Gasteiger partial charge on any atom is 0.336 e. The Morgan fingerprint density at radius 3 is 2.89 bits per heavy atom. The normalized spacial score (nSPS) is 15.8. The first-order chi connectivity index (χ1) is 13.6. The summed E-state index contributed by atoms with van der Waals surface area (Å²) in [5, 5.41) is 13.0. The molecule has 0 bridgehead atoms. The Balaban J connectivity index is 1.57. The highest BCUT2D eigenvalue weighted by molar-refractivity contribution is 5.89. The number of carbonyl (C=O) groups is 1. The number of carboxylic acids is 1. The quantitative estimate of drug-likeness (QED) is 0.688. The van der Waals surface area contributed by atoms with Crippen molar-refractivity contribution in [3.8, 4) is 11.1 Å². The number of hydrogen-bond acceptors (Lipinski definition) is 3. The van der Waals surface area contributed by atoms with E-state index in [1.165, 1.54) is 34.0 Å². The number of benzene rings is 2. The Hall–Kier alpha value is -2.98. The van der Waals surface area contributed by atoms with Crippen LogP contribution in [-0.4, -0.2) is 22.6 Å². The molecule has 0 saturated heterocycles. The average Bonchev–Trinajstić information content (AvgIpc) is 2.72. The van der Waals surface area contributed by atoms with Gasteiger partial charge in [-0.05, 0) is 72.2 Å². The van der Waals surface area contributed by atoms with E-state index in [1.54, 1.807) is 12.3 Å². The van der Waals surface area contributed by atoms with Gasteiger partial charge in [0.25, 0.3) is 0 Å². The van der Waals surface area contributed by atoms with E-state index in [0.717, 1.165) is 24.9 Å². The Kier molecular flexibility index (Phi) is 5.22. The number of fused-ring (bicyclic) bond motifs is 1. The third-order valence-corrected chi connectivity index (χ3v) is 5.60. The van der Waals surface area contributed by atoms with Crippen molar-refractivity contribution in [2.24, 2.45) is 0 Å². The van der Waals surface area contributed by atoms with Gasteiger partial charge in [0, 0.05) is 18.4 Å². The number of pyridine rings is 1. The van der Waals surface area contributed by atoms with E-state index < -0.39 is 5.97 Å². The lowest BCUT2D eigenvalue weighted by Crippen LogP contribution is -2.30. The molecule has 2 aromatic carbocycles. The van der Waals surface area contributed by atoms with Crippen LogP contribution in [0.3, 0.4) is 0 Å². The standard InChI is InChI=1S/C24H24N2O2/c1-16-4-2-3-5-20(16)17-6-8-21-18(14-17)10-13-26-23(21)9-7-19-15-25-12-11-22(19)24(27)28/h2-6,8,11-12,14-15,23,26H,7,9-10,13H2,1H3,(H,27,28)/t23-/m0/s1. The average molecular weight is 372 g/mol. The van der Waals surface area contributed by atoms with Gasteiger partial charge in [0.1, 0.15) is 0 Å². The van der Waals surface area contributed by atoms with E-state index >= 15 is 0 Å². The zero-order valence-corrected chi connectivity index (χ0v) is 16.0. The number of aromatic carboxylic acids is 1. The van der Waals surface area contributed by atoms with Crippen LogP contribution in [0.15, 0.2) is 60.9 Å². The molecule has 0 amide bonds. The van der Waals surface area contributed by atoms with Gasteiger partial charge in [0.2, 0.25) is 0 Å². The van der Waals surface area contributed by atoms with Gasteiger partial charge in [-0.25, -0.2) is 4.79 Å². The highest BCUT2D eigenvalue weighted by Gasteiger charge is 2.21. The van der Waals surface area contributed by atoms with Crippen molar-refractivity contribution >= 4 is 5.97 Å². The molecule has 28 heavy (non-hydrogen) atoms. The number of hydrogen-bond donors (Lipinski definition) is 2. The highest BCUT2D eigenvalue weighted by atomic mass is 16.4. The van der Waals surface area contributed by atoms with Crippen LogP contribution < -0.4 is 5.32 Å². The topological polar surface area (TPSA) is 62.2 Å². The third-order valence-electron chi connectivity index (χ3n) is 5.60. The van der Waals surface area contributed by atoms with Crippen molar-refractivity contribution < 1.29 is 9.90 Å². The van der Waals surface area contributed by atoms with Crippen molar-refractivity contribution in [3.63, 3.8) is 0 Å². The Morgan fingerprint density at radius 1 is 1.21 bits per heavy atom. The summed E-state index contributed by atoms with van der Waals surface area (Å²) in [6.07, 6.45) is 5.76. The largest absolute Gasteiger partial charge is 0.478 e. The number of nitrogens with one attached hydrogen (secondary N) is 1. The molecule has 1 aromatic heterocycles. The van der Waals surface area contributed by atoms with Crippen LogP contribution in [0.2, 0.25) is 0 Å². The first-order valence-corrected chi connectivity index (χ1v) is 9.72. The maximum absolute atomic E-state index is 11.4. The molecule has 2 N–H and O–H groups in total. The molecule has 0 radical (unpaired) electrons. The lowest BCUT2D eigenvalue weighted by molar-refractivity contribution is 0.0695. The van der Waals surface area contributed by atoms with Crippen molar-refractivity contribution in [2.75, 3.05) is 6.54 Å². The molecule has 4 rings (SSSR count). The summed E-state index contributed by atoms with van der Waals surface area (Å²) in [6, 6.07) is 17.0. The van der Waals surface area contributed by atoms with E-state index in [-0.39, 0.29) is 6.04 Å². The van der Waals surface area contributed by atoms with Gasteiger partial charge in [0.05, 0.1) is 5.56 Å². The molecule has 4 heteroatoms. The summed E-state index contributed by atoms with van der Waals surface area (Å²) in [6.45, 7) is 3.08. The summed E-state index contributed by atoms with van der Waals surface area (Å²) in [7, 11) is 0. The SMILES string of the molecule is Cc1ccccc1-c1ccc2c(c1)CCN[C@H]2CCc1cnccc1C(=O)O. The first kappa shape index (κ1) is 18.4. The second-order valence-electron chi connectivity index (χ2n) is 7.36. The zero-order chi connectivity index (χ0) is 19.5. The van der Waals surface area contributed by atoms with Crippen molar-refractivity contribution in [2.45, 2.75) is 32.2 Å². The van der Waals surface area contributed by atoms with Gasteiger partial charge in [-0.15, -0.1) is 0 Å². The molecule has 3 aromatic rings. The summed E-state index contributed by atoms with van der Waals surface area (Å²) in [5.74, 6) is -0.891. The molecule has 4 nitrogen and oxygen atoms in total. The number of aryl methyl sites for hydroxylation is 2. The van der Waals surface area contributed by atoms with Gasteiger partial charge in [-0.1, -0.05) is 42.5 Å². The van der Waals surface area contributed by atoms with Crippen LogP contribution in [0.5, 0.6) is 0 Å². The monoisotopic (exact) mass is 372 g/mol. The fourth-order valence-corrected chi connectivity index (χ4v) is 4.11. The minimum atomic E-state index is -0.891. The molecule has 0 aliphatic carbocycles. The van der Waals surface area contributed by atoms with E-state index in [9.17, 15) is 9.90 Å². The molecule has 0 fully saturated rings. The second-order valence-corrected chi connectivity index (χ2v) is 7.36. The predicted octanol–water partition coefficient (Wildman–Crippen LogP) is 4.57. The van der Waals surface area contributed by atoms with Crippen LogP contribution in [0.1, 0.15) is 45.1 Å². The predicted molar refractivity (Wildman–Crippen MR) is 111 cm³/mol. The Bertz CT molecular complexity index is 1010. The maximum atomic E-state index is 11.4. The fourth-order valence-electron chi connectivity index (χ4n) is 4.11. The molecule has 1 aliphatic heterocycles. The molecule has 0 spiro atoms. The van der Waals surface area contributed by atoms with Crippen LogP contribution in [-0.2, 0) is 12.8 Å². The molecule has 0 saturated carbocycles. The number of nitrogens with zero attached hydrogens (tertiary/aromatic N) is 1. The molecular formula is C24H24N2O2. The highest BCUT2D eigenvalue weighted by Crippen LogP contribution is 2.32. The smallest absolute Gasteiger partial charge is 0.336 e. The molecular weight excluding hydrogens is 348 g/mol. The van der Waals surface area contributed by atoms with Crippen LogP contribution in [0, 0.1) is 6.92 Å². The number of rotatable bonds is 5. The summed E-state index contributed by atoms with van der Waals surface area (Å²) >= 11 is 0. The second kappa shape index (κ2) is 7.95. The van der Waals surface area contributed by atoms with Crippen LogP contribution in [0.25, 0.3) is 11.1 Å². The minimum absolute atomic E-state index is 0.233. The van der Waals surface area contributed by atoms with Gasteiger partial charge in [0.15, 0.2) is 0 Å². The van der Waals surface area contributed by atoms with Crippen LogP contribution in [0.4, 0.5) is 0 Å². The van der Waals surface area contributed by atoms with Crippen LogP contribution >= 0.6 is 0 Å². The minimum Gasteiger partial charge on any atom is -0.478 e. The lowest BCUT2D eigenvalue weighted by Gasteiger charge is -2.28. The van der Waals surface area contributed by atoms with E-state index in [2.05, 4.69) is 59.7 Å². The fraction of sp³-hybridized carbons (Fsp3) is 0.250. The molecule has 142 valence electrons. The molecule has 1 aliphatic rings. The Morgan fingerprint density at radius 2 is 2.07 bits per heavy atom. The molecule has 0 unspecified atom stereocenters. The van der Waals surface area contributed by atoms with Gasteiger partial charge in [-0.2, -0.15) is 0 Å².